The normalized spacial score (nSPS) is 14.8. The highest BCUT2D eigenvalue weighted by atomic mass is 32.1. The van der Waals surface area contributed by atoms with Crippen molar-refractivity contribution in [2.45, 2.75) is 13.0 Å². The van der Waals surface area contributed by atoms with Crippen LogP contribution < -0.4 is 29.7 Å². The molecule has 0 fully saturated rings. The van der Waals surface area contributed by atoms with Crippen LogP contribution in [0.1, 0.15) is 24.1 Å². The Bertz CT molecular complexity index is 1810. The van der Waals surface area contributed by atoms with Crippen LogP contribution in [-0.2, 0) is 9.59 Å². The molecular formula is C30H25N3O6S. The molecule has 0 unspecified atom stereocenters. The molecule has 10 heteroatoms. The zero-order chi connectivity index (χ0) is 28.2. The molecule has 0 radical (unpaired) electrons. The number of carboxylic acid groups (broad SMARTS) is 1. The summed E-state index contributed by atoms with van der Waals surface area (Å²) in [6.45, 7) is 1.28. The number of nitrogens with one attached hydrogen (secondary N) is 1. The van der Waals surface area contributed by atoms with Crippen molar-refractivity contribution in [2.24, 2.45) is 4.99 Å². The summed E-state index contributed by atoms with van der Waals surface area (Å²) in [6, 6.07) is 22.4. The van der Waals surface area contributed by atoms with Crippen LogP contribution in [0.3, 0.4) is 0 Å². The van der Waals surface area contributed by atoms with E-state index in [4.69, 9.17) is 14.6 Å². The van der Waals surface area contributed by atoms with Crippen LogP contribution in [0.15, 0.2) is 99.9 Å². The number of hydrogen-bond acceptors (Lipinski definition) is 7. The third kappa shape index (κ3) is 5.57. The van der Waals surface area contributed by atoms with Crippen molar-refractivity contribution in [3.8, 4) is 11.5 Å². The minimum atomic E-state index is -1.08. The summed E-state index contributed by atoms with van der Waals surface area (Å²) in [5.41, 5.74) is 2.51. The van der Waals surface area contributed by atoms with Gasteiger partial charge in [-0.05, 0) is 60.5 Å². The number of thiazole rings is 1. The summed E-state index contributed by atoms with van der Waals surface area (Å²) in [5, 5.41) is 11.8. The van der Waals surface area contributed by atoms with E-state index in [1.54, 1.807) is 68.6 Å². The van der Waals surface area contributed by atoms with Gasteiger partial charge in [0.05, 0.1) is 29.0 Å². The van der Waals surface area contributed by atoms with Gasteiger partial charge in [-0.2, -0.15) is 0 Å². The summed E-state index contributed by atoms with van der Waals surface area (Å²) in [4.78, 5) is 43.5. The van der Waals surface area contributed by atoms with Crippen LogP contribution in [0.5, 0.6) is 11.5 Å². The fourth-order valence-electron chi connectivity index (χ4n) is 4.45. The Labute approximate surface area is 233 Å². The van der Waals surface area contributed by atoms with Gasteiger partial charge in [0.2, 0.25) is 0 Å². The lowest BCUT2D eigenvalue weighted by molar-refractivity contribution is -0.139. The highest BCUT2D eigenvalue weighted by Crippen LogP contribution is 2.32. The maximum atomic E-state index is 13.9. The first-order valence-electron chi connectivity index (χ1n) is 12.3. The number of benzene rings is 3. The summed E-state index contributed by atoms with van der Waals surface area (Å²) >= 11 is 1.21. The van der Waals surface area contributed by atoms with Crippen LogP contribution in [0, 0.1) is 0 Å². The second-order valence-electron chi connectivity index (χ2n) is 8.93. The maximum Gasteiger partial charge on any atom is 0.341 e. The molecule has 1 aliphatic rings. The van der Waals surface area contributed by atoms with E-state index >= 15 is 0 Å². The molecule has 2 N–H and O–H groups in total. The Balaban J connectivity index is 1.63. The summed E-state index contributed by atoms with van der Waals surface area (Å²) in [6.07, 6.45) is 1.70. The SMILES string of the molecule is COc1cccc([C@@H]2C(C(=O)Nc3ccccc3)=C(C)N=c3s/c(=C/c4cccc(OCC(=O)O)c4)c(=O)n32)c1. The van der Waals surface area contributed by atoms with Crippen molar-refractivity contribution in [3.63, 3.8) is 0 Å². The molecule has 5 rings (SSSR count). The Morgan fingerprint density at radius 2 is 1.80 bits per heavy atom. The van der Waals surface area contributed by atoms with Gasteiger partial charge < -0.3 is 19.9 Å². The number of carbonyl (C=O) groups excluding carboxylic acids is 1. The van der Waals surface area contributed by atoms with Gasteiger partial charge >= 0.3 is 5.97 Å². The Hall–Kier alpha value is -4.96. The standard InChI is InChI=1S/C30H25N3O6S/c1-18-26(28(36)32-21-10-4-3-5-11-21)27(20-9-7-12-22(16-20)38-2)33-29(37)24(40-30(33)31-18)15-19-8-6-13-23(14-19)39-17-25(34)35/h3-16,27H,17H2,1-2H3,(H,32,36)(H,34,35)/b24-15+/t27-/m1/s1. The number of carboxylic acids is 1. The van der Waals surface area contributed by atoms with Gasteiger partial charge in [-0.15, -0.1) is 0 Å². The molecule has 0 spiro atoms. The molecule has 0 aliphatic carbocycles. The predicted molar refractivity (Wildman–Crippen MR) is 151 cm³/mol. The van der Waals surface area contributed by atoms with Crippen molar-refractivity contribution in [1.29, 1.82) is 0 Å². The fourth-order valence-corrected chi connectivity index (χ4v) is 5.50. The van der Waals surface area contributed by atoms with E-state index in [-0.39, 0.29) is 11.5 Å². The summed E-state index contributed by atoms with van der Waals surface area (Å²) in [7, 11) is 1.56. The molecule has 2 heterocycles. The fraction of sp³-hybridized carbons (Fsp3) is 0.133. The number of amides is 1. The van der Waals surface area contributed by atoms with Gasteiger partial charge in [0.15, 0.2) is 11.4 Å². The Morgan fingerprint density at radius 1 is 1.05 bits per heavy atom. The molecule has 1 atom stereocenters. The van der Waals surface area contributed by atoms with Crippen LogP contribution in [0.2, 0.25) is 0 Å². The highest BCUT2D eigenvalue weighted by Gasteiger charge is 2.32. The van der Waals surface area contributed by atoms with E-state index in [0.717, 1.165) is 0 Å². The Kier molecular flexibility index (Phi) is 7.61. The topological polar surface area (TPSA) is 119 Å². The molecule has 3 aromatic carbocycles. The maximum absolute atomic E-state index is 13.9. The van der Waals surface area contributed by atoms with Gasteiger partial charge in [0, 0.05) is 5.69 Å². The van der Waals surface area contributed by atoms with Crippen molar-refractivity contribution >= 4 is 35.0 Å². The molecule has 1 amide bonds. The minimum Gasteiger partial charge on any atom is -0.497 e. The first kappa shape index (κ1) is 26.6. The van der Waals surface area contributed by atoms with Crippen molar-refractivity contribution in [1.82, 2.24) is 4.57 Å². The third-order valence-corrected chi connectivity index (χ3v) is 7.21. The number of rotatable bonds is 8. The molecule has 9 nitrogen and oxygen atoms in total. The number of anilines is 1. The number of nitrogens with zero attached hydrogens (tertiary/aromatic N) is 2. The van der Waals surface area contributed by atoms with Crippen LogP contribution in [-0.4, -0.2) is 35.3 Å². The summed E-state index contributed by atoms with van der Waals surface area (Å²) < 4.78 is 12.6. The van der Waals surface area contributed by atoms with E-state index < -0.39 is 18.6 Å². The number of aliphatic carboxylic acids is 1. The first-order valence-corrected chi connectivity index (χ1v) is 13.1. The number of para-hydroxylation sites is 1. The zero-order valence-corrected chi connectivity index (χ0v) is 22.5. The van der Waals surface area contributed by atoms with E-state index in [1.165, 1.54) is 15.9 Å². The molecule has 0 saturated carbocycles. The van der Waals surface area contributed by atoms with Crippen molar-refractivity contribution < 1.29 is 24.2 Å². The van der Waals surface area contributed by atoms with Crippen LogP contribution in [0.25, 0.3) is 6.08 Å². The van der Waals surface area contributed by atoms with Gasteiger partial charge in [-0.25, -0.2) is 9.79 Å². The number of fused-ring (bicyclic) bond motifs is 1. The molecule has 4 aromatic rings. The molecule has 1 aromatic heterocycles. The molecule has 0 bridgehead atoms. The second-order valence-corrected chi connectivity index (χ2v) is 9.94. The molecule has 40 heavy (non-hydrogen) atoms. The van der Waals surface area contributed by atoms with Gasteiger partial charge in [-0.3, -0.25) is 14.2 Å². The smallest absolute Gasteiger partial charge is 0.341 e. The number of methoxy groups -OCH3 is 1. The predicted octanol–water partition coefficient (Wildman–Crippen LogP) is 3.35. The largest absolute Gasteiger partial charge is 0.497 e. The number of carbonyl (C=O) groups is 2. The molecule has 202 valence electrons. The van der Waals surface area contributed by atoms with Crippen LogP contribution in [0.4, 0.5) is 5.69 Å². The minimum absolute atomic E-state index is 0.314. The van der Waals surface area contributed by atoms with Gasteiger partial charge in [-0.1, -0.05) is 53.8 Å². The number of ether oxygens (including phenoxy) is 2. The van der Waals surface area contributed by atoms with Gasteiger partial charge in [0.25, 0.3) is 11.5 Å². The van der Waals surface area contributed by atoms with E-state index in [1.807, 2.05) is 30.3 Å². The zero-order valence-electron chi connectivity index (χ0n) is 21.7. The highest BCUT2D eigenvalue weighted by molar-refractivity contribution is 7.07. The Morgan fingerprint density at radius 3 is 2.55 bits per heavy atom. The number of allylic oxidation sites excluding steroid dienone is 1. The monoisotopic (exact) mass is 555 g/mol. The average Bonchev–Trinajstić information content (AvgIpc) is 3.25. The lowest BCUT2D eigenvalue weighted by Gasteiger charge is -2.25. The molecule has 0 saturated heterocycles. The van der Waals surface area contributed by atoms with Crippen LogP contribution >= 0.6 is 11.3 Å². The van der Waals surface area contributed by atoms with E-state index in [0.29, 0.717) is 48.9 Å². The van der Waals surface area contributed by atoms with Gasteiger partial charge in [0.1, 0.15) is 11.5 Å². The third-order valence-electron chi connectivity index (χ3n) is 6.23. The lowest BCUT2D eigenvalue weighted by atomic mass is 9.95. The number of aromatic nitrogens is 1. The average molecular weight is 556 g/mol. The summed E-state index contributed by atoms with van der Waals surface area (Å²) in [5.74, 6) is -0.485. The van der Waals surface area contributed by atoms with Crippen molar-refractivity contribution in [2.75, 3.05) is 19.0 Å². The molecule has 1 aliphatic heterocycles. The van der Waals surface area contributed by atoms with E-state index in [2.05, 4.69) is 10.3 Å². The second kappa shape index (κ2) is 11.4. The lowest BCUT2D eigenvalue weighted by Crippen LogP contribution is -2.40. The van der Waals surface area contributed by atoms with Crippen molar-refractivity contribution in [3.05, 3.63) is 121 Å². The molecular weight excluding hydrogens is 530 g/mol. The number of hydrogen-bond donors (Lipinski definition) is 2. The quantitative estimate of drug-likeness (QED) is 0.344. The first-order chi connectivity index (χ1) is 19.3. The van der Waals surface area contributed by atoms with E-state index in [9.17, 15) is 14.4 Å².